The number of pyridine rings is 1. The highest BCUT2D eigenvalue weighted by molar-refractivity contribution is 5.85. The van der Waals surface area contributed by atoms with E-state index in [1.165, 1.54) is 16.9 Å². The van der Waals surface area contributed by atoms with Gasteiger partial charge in [-0.1, -0.05) is 0 Å². The summed E-state index contributed by atoms with van der Waals surface area (Å²) in [4.78, 5) is 16.5. The van der Waals surface area contributed by atoms with E-state index in [-0.39, 0.29) is 19.0 Å². The summed E-state index contributed by atoms with van der Waals surface area (Å²) in [6.45, 7) is 0.409. The van der Waals surface area contributed by atoms with Gasteiger partial charge in [-0.2, -0.15) is 31.4 Å². The fourth-order valence-corrected chi connectivity index (χ4v) is 3.32. The van der Waals surface area contributed by atoms with Gasteiger partial charge in [0.2, 0.25) is 5.60 Å². The molecular formula is C18H18F6N4O2. The average molecular weight is 436 g/mol. The number of aliphatic hydroxyl groups is 1. The van der Waals surface area contributed by atoms with Gasteiger partial charge in [-0.3, -0.25) is 4.79 Å². The third-order valence-electron chi connectivity index (χ3n) is 5.12. The van der Waals surface area contributed by atoms with E-state index in [1.54, 1.807) is 6.07 Å². The van der Waals surface area contributed by atoms with Gasteiger partial charge >= 0.3 is 12.4 Å². The standard InChI is InChI=1S/C18H18F6N4O2/c1-16(30,18(22,23)24)15(29)27-8-5-11(6-9-27)13-4-7-26-28(13)12-2-3-14(25-10-12)17(19,20)21/h2-4,7,10-11,30H,5-6,8-9H2,1H3. The third kappa shape index (κ3) is 4.13. The van der Waals surface area contributed by atoms with Gasteiger partial charge in [0.1, 0.15) is 5.69 Å². The summed E-state index contributed by atoms with van der Waals surface area (Å²) in [5.41, 5.74) is -3.55. The Bertz CT molecular complexity index is 897. The largest absolute Gasteiger partial charge is 0.433 e. The Balaban J connectivity index is 1.72. The van der Waals surface area contributed by atoms with Crippen molar-refractivity contribution in [3.63, 3.8) is 0 Å². The van der Waals surface area contributed by atoms with E-state index in [9.17, 15) is 36.2 Å². The Hall–Kier alpha value is -2.63. The van der Waals surface area contributed by atoms with E-state index in [0.717, 1.165) is 17.2 Å². The molecule has 1 saturated heterocycles. The third-order valence-corrected chi connectivity index (χ3v) is 5.12. The van der Waals surface area contributed by atoms with Crippen molar-refractivity contribution in [2.24, 2.45) is 0 Å². The number of alkyl halides is 6. The summed E-state index contributed by atoms with van der Waals surface area (Å²) in [6, 6.07) is 3.72. The molecular weight excluding hydrogens is 418 g/mol. The van der Waals surface area contributed by atoms with Crippen LogP contribution in [-0.4, -0.2) is 55.5 Å². The molecule has 0 radical (unpaired) electrons. The van der Waals surface area contributed by atoms with Crippen LogP contribution >= 0.6 is 0 Å². The van der Waals surface area contributed by atoms with E-state index in [0.29, 0.717) is 31.1 Å². The van der Waals surface area contributed by atoms with Crippen LogP contribution in [0, 0.1) is 0 Å². The first kappa shape index (κ1) is 22.1. The molecule has 164 valence electrons. The Labute approximate surface area is 167 Å². The van der Waals surface area contributed by atoms with Gasteiger partial charge in [0.05, 0.1) is 11.9 Å². The van der Waals surface area contributed by atoms with Gasteiger partial charge in [-0.15, -0.1) is 0 Å². The highest BCUT2D eigenvalue weighted by Crippen LogP contribution is 2.35. The van der Waals surface area contributed by atoms with Gasteiger partial charge in [-0.25, -0.2) is 9.67 Å². The summed E-state index contributed by atoms with van der Waals surface area (Å²) in [5.74, 6) is -1.59. The number of hydrogen-bond donors (Lipinski definition) is 1. The number of hydrogen-bond acceptors (Lipinski definition) is 4. The number of amides is 1. The van der Waals surface area contributed by atoms with Crippen molar-refractivity contribution in [2.45, 2.75) is 43.6 Å². The molecule has 0 saturated carbocycles. The number of halogens is 6. The van der Waals surface area contributed by atoms with Crippen LogP contribution in [0.2, 0.25) is 0 Å². The van der Waals surface area contributed by atoms with E-state index in [2.05, 4.69) is 10.1 Å². The van der Waals surface area contributed by atoms with Crippen LogP contribution in [0.5, 0.6) is 0 Å². The predicted molar refractivity (Wildman–Crippen MR) is 91.6 cm³/mol. The van der Waals surface area contributed by atoms with Crippen LogP contribution in [0.15, 0.2) is 30.6 Å². The lowest BCUT2D eigenvalue weighted by atomic mass is 9.92. The molecule has 6 nitrogen and oxygen atoms in total. The second-order valence-corrected chi connectivity index (χ2v) is 7.20. The van der Waals surface area contributed by atoms with Crippen LogP contribution in [0.1, 0.15) is 37.1 Å². The molecule has 2 aromatic heterocycles. The predicted octanol–water partition coefficient (Wildman–Crippen LogP) is 3.31. The molecule has 0 spiro atoms. The van der Waals surface area contributed by atoms with Crippen molar-refractivity contribution in [1.29, 1.82) is 0 Å². The van der Waals surface area contributed by atoms with Gasteiger partial charge < -0.3 is 10.0 Å². The van der Waals surface area contributed by atoms with Crippen LogP contribution in [-0.2, 0) is 11.0 Å². The Morgan fingerprint density at radius 3 is 2.23 bits per heavy atom. The zero-order valence-electron chi connectivity index (χ0n) is 15.7. The molecule has 12 heteroatoms. The quantitative estimate of drug-likeness (QED) is 0.750. The van der Waals surface area contributed by atoms with Crippen LogP contribution < -0.4 is 0 Å². The van der Waals surface area contributed by atoms with Gasteiger partial charge in [-0.05, 0) is 38.0 Å². The molecule has 2 aromatic rings. The minimum atomic E-state index is -5.09. The van der Waals surface area contributed by atoms with E-state index in [4.69, 9.17) is 0 Å². The van der Waals surface area contributed by atoms with Gasteiger partial charge in [0.25, 0.3) is 5.91 Å². The van der Waals surface area contributed by atoms with Crippen molar-refractivity contribution in [3.8, 4) is 5.69 Å². The molecule has 1 fully saturated rings. The molecule has 1 aliphatic heterocycles. The van der Waals surface area contributed by atoms with Crippen molar-refractivity contribution < 1.29 is 36.2 Å². The lowest BCUT2D eigenvalue weighted by Crippen LogP contribution is -2.57. The van der Waals surface area contributed by atoms with E-state index < -0.39 is 29.6 Å². The Morgan fingerprint density at radius 2 is 1.73 bits per heavy atom. The second-order valence-electron chi connectivity index (χ2n) is 7.20. The lowest BCUT2D eigenvalue weighted by Gasteiger charge is -2.36. The maximum atomic E-state index is 12.9. The minimum absolute atomic E-state index is 0.00777. The molecule has 3 heterocycles. The highest BCUT2D eigenvalue weighted by atomic mass is 19.4. The Morgan fingerprint density at radius 1 is 1.10 bits per heavy atom. The molecule has 1 atom stereocenters. The number of rotatable bonds is 3. The smallest absolute Gasteiger partial charge is 0.373 e. The van der Waals surface area contributed by atoms with Crippen LogP contribution in [0.3, 0.4) is 0 Å². The summed E-state index contributed by atoms with van der Waals surface area (Å²) in [7, 11) is 0. The maximum absolute atomic E-state index is 12.9. The number of aromatic nitrogens is 3. The normalized spacial score (nSPS) is 18.3. The monoisotopic (exact) mass is 436 g/mol. The first-order valence-electron chi connectivity index (χ1n) is 8.98. The number of likely N-dealkylation sites (tertiary alicyclic amines) is 1. The second kappa shape index (κ2) is 7.56. The number of carbonyl (C=O) groups excluding carboxylic acids is 1. The van der Waals surface area contributed by atoms with E-state index >= 15 is 0 Å². The molecule has 0 bridgehead atoms. The Kier molecular flexibility index (Phi) is 5.56. The number of piperidine rings is 1. The molecule has 0 aromatic carbocycles. The van der Waals surface area contributed by atoms with Crippen molar-refractivity contribution in [2.75, 3.05) is 13.1 Å². The fourth-order valence-electron chi connectivity index (χ4n) is 3.32. The van der Waals surface area contributed by atoms with Crippen molar-refractivity contribution in [1.82, 2.24) is 19.7 Å². The molecule has 0 aliphatic carbocycles. The maximum Gasteiger partial charge on any atom is 0.433 e. The first-order chi connectivity index (χ1) is 13.8. The lowest BCUT2D eigenvalue weighted by molar-refractivity contribution is -0.250. The van der Waals surface area contributed by atoms with Crippen LogP contribution in [0.25, 0.3) is 5.69 Å². The number of nitrogens with zero attached hydrogens (tertiary/aromatic N) is 4. The van der Waals surface area contributed by atoms with Gasteiger partial charge in [0, 0.05) is 30.9 Å². The SMILES string of the molecule is CC(O)(C(=O)N1CCC(c2ccnn2-c2ccc(C(F)(F)F)nc2)CC1)C(F)(F)F. The first-order valence-corrected chi connectivity index (χ1v) is 8.98. The molecule has 1 N–H and O–H groups in total. The van der Waals surface area contributed by atoms with Gasteiger partial charge in [0.15, 0.2) is 0 Å². The fraction of sp³-hybridized carbons (Fsp3) is 0.500. The molecule has 1 aliphatic rings. The summed E-state index contributed by atoms with van der Waals surface area (Å²) < 4.78 is 78.2. The summed E-state index contributed by atoms with van der Waals surface area (Å²) >= 11 is 0. The van der Waals surface area contributed by atoms with E-state index in [1.807, 2.05) is 0 Å². The minimum Gasteiger partial charge on any atom is -0.373 e. The molecule has 30 heavy (non-hydrogen) atoms. The zero-order valence-corrected chi connectivity index (χ0v) is 15.7. The summed E-state index contributed by atoms with van der Waals surface area (Å²) in [5, 5.41) is 13.7. The molecule has 1 unspecified atom stereocenters. The molecule has 1 amide bonds. The molecule has 3 rings (SSSR count). The topological polar surface area (TPSA) is 71.2 Å². The zero-order chi connectivity index (χ0) is 22.3. The van der Waals surface area contributed by atoms with Crippen molar-refractivity contribution >= 4 is 5.91 Å². The van der Waals surface area contributed by atoms with Crippen molar-refractivity contribution in [3.05, 3.63) is 42.0 Å². The highest BCUT2D eigenvalue weighted by Gasteiger charge is 2.57. The average Bonchev–Trinajstić information content (AvgIpc) is 3.16. The number of carbonyl (C=O) groups is 1. The summed E-state index contributed by atoms with van der Waals surface area (Å²) in [6.07, 6.45) is -6.55. The van der Waals surface area contributed by atoms with Crippen LogP contribution in [0.4, 0.5) is 26.3 Å².